The lowest BCUT2D eigenvalue weighted by molar-refractivity contribution is -0.142. The van der Waals surface area contributed by atoms with Gasteiger partial charge >= 0.3 is 5.97 Å². The van der Waals surface area contributed by atoms with E-state index in [0.29, 0.717) is 12.3 Å². The third-order valence-electron chi connectivity index (χ3n) is 3.27. The zero-order chi connectivity index (χ0) is 17.5. The van der Waals surface area contributed by atoms with E-state index in [1.807, 2.05) is 13.8 Å². The molecule has 0 saturated heterocycles. The largest absolute Gasteiger partial charge is 0.497 e. The summed E-state index contributed by atoms with van der Waals surface area (Å²) in [7, 11) is -2.31. The Morgan fingerprint density at radius 1 is 1.22 bits per heavy atom. The second kappa shape index (κ2) is 8.88. The van der Waals surface area contributed by atoms with Crippen molar-refractivity contribution in [2.75, 3.05) is 20.3 Å². The number of methoxy groups -OCH3 is 1. The SMILES string of the molecule is CCOC(=O)C(CCNC(C)C)S(=O)(=O)c1ccc(OC)cc1. The van der Waals surface area contributed by atoms with Crippen LogP contribution in [0.2, 0.25) is 0 Å². The first-order chi connectivity index (χ1) is 10.8. The van der Waals surface area contributed by atoms with Crippen molar-refractivity contribution in [1.82, 2.24) is 5.32 Å². The summed E-state index contributed by atoms with van der Waals surface area (Å²) < 4.78 is 35.5. The molecular formula is C16H25NO5S. The number of sulfone groups is 1. The Labute approximate surface area is 138 Å². The van der Waals surface area contributed by atoms with E-state index >= 15 is 0 Å². The first-order valence-corrected chi connectivity index (χ1v) is 9.15. The average Bonchev–Trinajstić information content (AvgIpc) is 2.51. The smallest absolute Gasteiger partial charge is 0.324 e. The van der Waals surface area contributed by atoms with Gasteiger partial charge in [-0.3, -0.25) is 4.79 Å². The number of benzene rings is 1. The van der Waals surface area contributed by atoms with Crippen molar-refractivity contribution >= 4 is 15.8 Å². The molecule has 6 nitrogen and oxygen atoms in total. The molecule has 0 fully saturated rings. The Balaban J connectivity index is 3.03. The molecule has 0 aliphatic rings. The Kier molecular flexibility index (Phi) is 7.51. The highest BCUT2D eigenvalue weighted by Gasteiger charge is 2.34. The molecule has 1 aromatic rings. The summed E-state index contributed by atoms with van der Waals surface area (Å²) in [6.07, 6.45) is 0.158. The lowest BCUT2D eigenvalue weighted by Crippen LogP contribution is -2.36. The van der Waals surface area contributed by atoms with E-state index in [-0.39, 0.29) is 24.0 Å². The second-order valence-corrected chi connectivity index (χ2v) is 7.49. The van der Waals surface area contributed by atoms with Crippen LogP contribution in [0.1, 0.15) is 27.2 Å². The second-order valence-electron chi connectivity index (χ2n) is 5.36. The lowest BCUT2D eigenvalue weighted by atomic mass is 10.3. The van der Waals surface area contributed by atoms with Gasteiger partial charge in [0.1, 0.15) is 5.75 Å². The van der Waals surface area contributed by atoms with Crippen LogP contribution in [0, 0.1) is 0 Å². The van der Waals surface area contributed by atoms with Crippen LogP contribution in [0.5, 0.6) is 5.75 Å². The number of nitrogens with one attached hydrogen (secondary N) is 1. The number of hydrogen-bond donors (Lipinski definition) is 1. The van der Waals surface area contributed by atoms with Gasteiger partial charge in [0, 0.05) is 6.04 Å². The fraction of sp³-hybridized carbons (Fsp3) is 0.562. The van der Waals surface area contributed by atoms with Gasteiger partial charge in [0.25, 0.3) is 0 Å². The number of ether oxygens (including phenoxy) is 2. The lowest BCUT2D eigenvalue weighted by Gasteiger charge is -2.17. The van der Waals surface area contributed by atoms with Gasteiger partial charge in [-0.25, -0.2) is 8.42 Å². The van der Waals surface area contributed by atoms with Crippen LogP contribution in [0.3, 0.4) is 0 Å². The topological polar surface area (TPSA) is 81.7 Å². The van der Waals surface area contributed by atoms with E-state index in [1.165, 1.54) is 19.2 Å². The van der Waals surface area contributed by atoms with Crippen LogP contribution in [-0.2, 0) is 19.4 Å². The predicted octanol–water partition coefficient (Wildman–Crippen LogP) is 1.79. The molecule has 1 atom stereocenters. The molecule has 1 rings (SSSR count). The minimum Gasteiger partial charge on any atom is -0.497 e. The van der Waals surface area contributed by atoms with Crippen molar-refractivity contribution in [1.29, 1.82) is 0 Å². The molecule has 0 aromatic heterocycles. The Hall–Kier alpha value is -1.60. The molecular weight excluding hydrogens is 318 g/mol. The normalized spacial score (nSPS) is 12.9. The molecule has 1 aromatic carbocycles. The maximum absolute atomic E-state index is 12.8. The summed E-state index contributed by atoms with van der Waals surface area (Å²) in [4.78, 5) is 12.2. The third kappa shape index (κ3) is 5.51. The maximum atomic E-state index is 12.8. The van der Waals surface area contributed by atoms with Gasteiger partial charge in [0.15, 0.2) is 15.1 Å². The zero-order valence-corrected chi connectivity index (χ0v) is 14.9. The van der Waals surface area contributed by atoms with Crippen molar-refractivity contribution < 1.29 is 22.7 Å². The number of carbonyl (C=O) groups excluding carboxylic acids is 1. The van der Waals surface area contributed by atoms with Crippen molar-refractivity contribution in [3.8, 4) is 5.75 Å². The molecule has 0 amide bonds. The Morgan fingerprint density at radius 3 is 2.30 bits per heavy atom. The number of esters is 1. The highest BCUT2D eigenvalue weighted by atomic mass is 32.2. The first kappa shape index (κ1) is 19.4. The number of rotatable bonds is 9. The van der Waals surface area contributed by atoms with Crippen molar-refractivity contribution in [2.45, 2.75) is 43.4 Å². The first-order valence-electron chi connectivity index (χ1n) is 7.60. The summed E-state index contributed by atoms with van der Waals surface area (Å²) in [6, 6.07) is 6.21. The molecule has 1 N–H and O–H groups in total. The van der Waals surface area contributed by atoms with Gasteiger partial charge in [-0.15, -0.1) is 0 Å². The van der Waals surface area contributed by atoms with Crippen molar-refractivity contribution in [3.05, 3.63) is 24.3 Å². The average molecular weight is 343 g/mol. The molecule has 23 heavy (non-hydrogen) atoms. The minimum absolute atomic E-state index is 0.0842. The number of carbonyl (C=O) groups is 1. The van der Waals surface area contributed by atoms with Gasteiger partial charge in [0.2, 0.25) is 0 Å². The highest BCUT2D eigenvalue weighted by Crippen LogP contribution is 2.22. The summed E-state index contributed by atoms with van der Waals surface area (Å²) in [5.74, 6) is -0.160. The summed E-state index contributed by atoms with van der Waals surface area (Å²) >= 11 is 0. The minimum atomic E-state index is -3.82. The van der Waals surface area contributed by atoms with Crippen LogP contribution >= 0.6 is 0 Å². The molecule has 7 heteroatoms. The molecule has 0 aliphatic carbocycles. The highest BCUT2D eigenvalue weighted by molar-refractivity contribution is 7.92. The molecule has 0 heterocycles. The molecule has 0 spiro atoms. The van der Waals surface area contributed by atoms with E-state index in [2.05, 4.69) is 5.32 Å². The molecule has 0 saturated carbocycles. The van der Waals surface area contributed by atoms with Crippen molar-refractivity contribution in [3.63, 3.8) is 0 Å². The van der Waals surface area contributed by atoms with Gasteiger partial charge in [-0.05, 0) is 44.2 Å². The van der Waals surface area contributed by atoms with Gasteiger partial charge in [0.05, 0.1) is 18.6 Å². The van der Waals surface area contributed by atoms with E-state index in [9.17, 15) is 13.2 Å². The monoisotopic (exact) mass is 343 g/mol. The summed E-state index contributed by atoms with van der Waals surface area (Å²) in [6.45, 7) is 6.12. The molecule has 0 aliphatic heterocycles. The summed E-state index contributed by atoms with van der Waals surface area (Å²) in [5.41, 5.74) is 0. The Morgan fingerprint density at radius 2 is 1.83 bits per heavy atom. The van der Waals surface area contributed by atoms with Crippen LogP contribution in [-0.4, -0.2) is 45.9 Å². The predicted molar refractivity (Wildman–Crippen MR) is 88.4 cm³/mol. The van der Waals surface area contributed by atoms with Gasteiger partial charge in [-0.2, -0.15) is 0 Å². The van der Waals surface area contributed by atoms with Crippen LogP contribution in [0.4, 0.5) is 0 Å². The van der Waals surface area contributed by atoms with Gasteiger partial charge < -0.3 is 14.8 Å². The molecule has 0 bridgehead atoms. The molecule has 130 valence electrons. The van der Waals surface area contributed by atoms with Gasteiger partial charge in [-0.1, -0.05) is 13.8 Å². The Bertz CT molecular complexity index is 595. The fourth-order valence-electron chi connectivity index (χ4n) is 2.07. The van der Waals surface area contributed by atoms with Crippen LogP contribution in [0.15, 0.2) is 29.2 Å². The maximum Gasteiger partial charge on any atom is 0.324 e. The molecule has 0 radical (unpaired) electrons. The van der Waals surface area contributed by atoms with Crippen molar-refractivity contribution in [2.24, 2.45) is 0 Å². The third-order valence-corrected chi connectivity index (χ3v) is 5.38. The zero-order valence-electron chi connectivity index (χ0n) is 14.0. The standard InChI is InChI=1S/C16H25NO5S/c1-5-22-16(18)15(10-11-17-12(2)3)23(19,20)14-8-6-13(21-4)7-9-14/h6-9,12,15,17H,5,10-11H2,1-4H3. The van der Waals surface area contributed by atoms with E-state index < -0.39 is 21.1 Å². The summed E-state index contributed by atoms with van der Waals surface area (Å²) in [5, 5.41) is 1.90. The van der Waals surface area contributed by atoms with Crippen LogP contribution < -0.4 is 10.1 Å². The van der Waals surface area contributed by atoms with E-state index in [4.69, 9.17) is 9.47 Å². The fourth-order valence-corrected chi connectivity index (χ4v) is 3.66. The van der Waals surface area contributed by atoms with E-state index in [1.54, 1.807) is 19.1 Å². The van der Waals surface area contributed by atoms with Crippen LogP contribution in [0.25, 0.3) is 0 Å². The van der Waals surface area contributed by atoms with E-state index in [0.717, 1.165) is 0 Å². The number of hydrogen-bond acceptors (Lipinski definition) is 6. The quantitative estimate of drug-likeness (QED) is 0.689. The molecule has 1 unspecified atom stereocenters.